The average molecular weight is 380 g/mol. The number of rotatable bonds is 3. The summed E-state index contributed by atoms with van der Waals surface area (Å²) in [7, 11) is 0. The van der Waals surface area contributed by atoms with E-state index in [1.807, 2.05) is 24.3 Å². The van der Waals surface area contributed by atoms with Gasteiger partial charge in [0.2, 0.25) is 5.91 Å². The summed E-state index contributed by atoms with van der Waals surface area (Å²) in [4.78, 5) is 26.4. The molecule has 1 atom stereocenters. The third-order valence-corrected chi connectivity index (χ3v) is 5.85. The van der Waals surface area contributed by atoms with Gasteiger partial charge in [0.05, 0.1) is 11.3 Å². The van der Waals surface area contributed by atoms with E-state index in [0.29, 0.717) is 19.5 Å². The van der Waals surface area contributed by atoms with Crippen LogP contribution in [0.1, 0.15) is 44.1 Å². The number of carboxylic acid groups (broad SMARTS) is 1. The molecule has 0 unspecified atom stereocenters. The first-order valence-electron chi connectivity index (χ1n) is 8.31. The van der Waals surface area contributed by atoms with Crippen molar-refractivity contribution in [3.05, 3.63) is 34.3 Å². The van der Waals surface area contributed by atoms with Crippen LogP contribution in [0.15, 0.2) is 28.7 Å². The molecule has 1 aromatic rings. The Morgan fingerprint density at radius 3 is 2.39 bits per heavy atom. The molecule has 1 N–H and O–H groups in total. The van der Waals surface area contributed by atoms with Gasteiger partial charge in [0.15, 0.2) is 0 Å². The zero-order valence-corrected chi connectivity index (χ0v) is 14.7. The number of piperidine rings is 1. The van der Waals surface area contributed by atoms with Crippen LogP contribution in [0.5, 0.6) is 0 Å². The van der Waals surface area contributed by atoms with Gasteiger partial charge in [-0.05, 0) is 43.4 Å². The van der Waals surface area contributed by atoms with Crippen LogP contribution in [0.2, 0.25) is 0 Å². The van der Waals surface area contributed by atoms with Gasteiger partial charge in [0.25, 0.3) is 0 Å². The molecule has 4 nitrogen and oxygen atoms in total. The first kappa shape index (κ1) is 16.5. The van der Waals surface area contributed by atoms with Gasteiger partial charge in [-0.15, -0.1) is 0 Å². The maximum Gasteiger partial charge on any atom is 0.308 e. The third-order valence-electron chi connectivity index (χ3n) is 5.32. The fraction of sp³-hybridized carbons (Fsp3) is 0.556. The van der Waals surface area contributed by atoms with Gasteiger partial charge in [-0.1, -0.05) is 40.9 Å². The van der Waals surface area contributed by atoms with Crippen LogP contribution < -0.4 is 0 Å². The summed E-state index contributed by atoms with van der Waals surface area (Å²) in [5.41, 5.74) is 0.613. The molecule has 1 heterocycles. The maximum absolute atomic E-state index is 13.3. The molecule has 1 aliphatic heterocycles. The molecule has 0 aromatic heterocycles. The minimum atomic E-state index is -0.786. The van der Waals surface area contributed by atoms with Crippen LogP contribution in [0, 0.1) is 5.92 Å². The number of amides is 1. The standard InChI is InChI=1S/C18H22BrNO3/c19-15-7-5-14(6-8-15)18(9-1-2-10-18)17(23)20-11-3-4-13(12-20)16(21)22/h5-8,13H,1-4,9-12H2,(H,21,22)/t13-/m0/s1. The molecule has 1 saturated heterocycles. The van der Waals surface area contributed by atoms with Crippen LogP contribution in [-0.2, 0) is 15.0 Å². The summed E-state index contributed by atoms with van der Waals surface area (Å²) in [5, 5.41) is 9.27. The fourth-order valence-corrected chi connectivity index (χ4v) is 4.30. The highest BCUT2D eigenvalue weighted by molar-refractivity contribution is 9.10. The van der Waals surface area contributed by atoms with Gasteiger partial charge in [-0.2, -0.15) is 0 Å². The number of likely N-dealkylation sites (tertiary alicyclic amines) is 1. The molecule has 1 aliphatic carbocycles. The predicted octanol–water partition coefficient (Wildman–Crippen LogP) is 3.58. The van der Waals surface area contributed by atoms with Crippen LogP contribution in [0.4, 0.5) is 0 Å². The average Bonchev–Trinajstić information content (AvgIpc) is 3.06. The smallest absolute Gasteiger partial charge is 0.308 e. The SMILES string of the molecule is O=C(O)[C@H]1CCCN(C(=O)C2(c3ccc(Br)cc3)CCCC2)C1. The topological polar surface area (TPSA) is 57.6 Å². The first-order chi connectivity index (χ1) is 11.0. The number of carbonyl (C=O) groups excluding carboxylic acids is 1. The van der Waals surface area contributed by atoms with Gasteiger partial charge in [0.1, 0.15) is 0 Å². The van der Waals surface area contributed by atoms with E-state index < -0.39 is 17.3 Å². The molecule has 3 rings (SSSR count). The minimum absolute atomic E-state index is 0.128. The highest BCUT2D eigenvalue weighted by atomic mass is 79.9. The van der Waals surface area contributed by atoms with Gasteiger partial charge < -0.3 is 10.0 Å². The molecule has 2 aliphatic rings. The minimum Gasteiger partial charge on any atom is -0.481 e. The van der Waals surface area contributed by atoms with Crippen molar-refractivity contribution >= 4 is 27.8 Å². The quantitative estimate of drug-likeness (QED) is 0.872. The zero-order valence-electron chi connectivity index (χ0n) is 13.1. The lowest BCUT2D eigenvalue weighted by molar-refractivity contribution is -0.147. The maximum atomic E-state index is 13.3. The number of carbonyl (C=O) groups is 2. The Bertz CT molecular complexity index is 593. The van der Waals surface area contributed by atoms with E-state index in [1.54, 1.807) is 4.90 Å². The summed E-state index contributed by atoms with van der Waals surface area (Å²) >= 11 is 3.45. The van der Waals surface area contributed by atoms with Gasteiger partial charge in [-0.25, -0.2) is 0 Å². The highest BCUT2D eigenvalue weighted by Gasteiger charge is 2.46. The Balaban J connectivity index is 1.87. The van der Waals surface area contributed by atoms with Crippen LogP contribution in [0.3, 0.4) is 0 Å². The second kappa shape index (κ2) is 6.63. The van der Waals surface area contributed by atoms with Crippen molar-refractivity contribution in [3.8, 4) is 0 Å². The van der Waals surface area contributed by atoms with Gasteiger partial charge in [0, 0.05) is 17.6 Å². The second-order valence-electron chi connectivity index (χ2n) is 6.72. The van der Waals surface area contributed by atoms with E-state index >= 15 is 0 Å². The molecule has 2 fully saturated rings. The molecule has 1 saturated carbocycles. The number of hydrogen-bond acceptors (Lipinski definition) is 2. The van der Waals surface area contributed by atoms with E-state index in [9.17, 15) is 14.7 Å². The summed E-state index contributed by atoms with van der Waals surface area (Å²) in [6.07, 6.45) is 5.28. The summed E-state index contributed by atoms with van der Waals surface area (Å²) in [5.74, 6) is -1.08. The molecule has 0 spiro atoms. The molecule has 23 heavy (non-hydrogen) atoms. The Morgan fingerprint density at radius 1 is 1.13 bits per heavy atom. The lowest BCUT2D eigenvalue weighted by atomic mass is 9.77. The monoisotopic (exact) mass is 379 g/mol. The van der Waals surface area contributed by atoms with Crippen molar-refractivity contribution in [1.82, 2.24) is 4.90 Å². The van der Waals surface area contributed by atoms with Crippen molar-refractivity contribution in [1.29, 1.82) is 0 Å². The molecule has 1 amide bonds. The molecular weight excluding hydrogens is 358 g/mol. The summed E-state index contributed by atoms with van der Waals surface area (Å²) < 4.78 is 1.01. The Hall–Kier alpha value is -1.36. The van der Waals surface area contributed by atoms with Gasteiger partial charge in [-0.3, -0.25) is 9.59 Å². The number of carboxylic acids is 1. The number of nitrogens with zero attached hydrogens (tertiary/aromatic N) is 1. The number of aliphatic carboxylic acids is 1. The van der Waals surface area contributed by atoms with Crippen LogP contribution in [-0.4, -0.2) is 35.0 Å². The Labute approximate surface area is 145 Å². The molecule has 1 aromatic carbocycles. The number of hydrogen-bond donors (Lipinski definition) is 1. The zero-order chi connectivity index (χ0) is 16.4. The second-order valence-corrected chi connectivity index (χ2v) is 7.64. The van der Waals surface area contributed by atoms with Crippen molar-refractivity contribution in [3.63, 3.8) is 0 Å². The van der Waals surface area contributed by atoms with Crippen molar-refractivity contribution < 1.29 is 14.7 Å². The van der Waals surface area contributed by atoms with E-state index in [-0.39, 0.29) is 5.91 Å². The van der Waals surface area contributed by atoms with Crippen LogP contribution >= 0.6 is 15.9 Å². The van der Waals surface area contributed by atoms with E-state index in [4.69, 9.17) is 0 Å². The third kappa shape index (κ3) is 3.16. The molecule has 0 bridgehead atoms. The Morgan fingerprint density at radius 2 is 1.78 bits per heavy atom. The summed E-state index contributed by atoms with van der Waals surface area (Å²) in [6, 6.07) is 8.04. The normalized spacial score (nSPS) is 23.7. The predicted molar refractivity (Wildman–Crippen MR) is 91.2 cm³/mol. The fourth-order valence-electron chi connectivity index (χ4n) is 4.04. The van der Waals surface area contributed by atoms with Gasteiger partial charge >= 0.3 is 5.97 Å². The lowest BCUT2D eigenvalue weighted by Gasteiger charge is -2.38. The first-order valence-corrected chi connectivity index (χ1v) is 9.10. The molecule has 124 valence electrons. The van der Waals surface area contributed by atoms with E-state index in [2.05, 4.69) is 15.9 Å². The Kier molecular flexibility index (Phi) is 4.76. The van der Waals surface area contributed by atoms with Crippen molar-refractivity contribution in [2.75, 3.05) is 13.1 Å². The molecule has 5 heteroatoms. The summed E-state index contributed by atoms with van der Waals surface area (Å²) in [6.45, 7) is 1.04. The van der Waals surface area contributed by atoms with Crippen LogP contribution in [0.25, 0.3) is 0 Å². The number of benzene rings is 1. The largest absolute Gasteiger partial charge is 0.481 e. The molecule has 0 radical (unpaired) electrons. The lowest BCUT2D eigenvalue weighted by Crippen LogP contribution is -2.50. The van der Waals surface area contributed by atoms with Crippen molar-refractivity contribution in [2.24, 2.45) is 5.92 Å². The van der Waals surface area contributed by atoms with E-state index in [1.165, 1.54) is 0 Å². The number of halogens is 1. The van der Waals surface area contributed by atoms with Crippen molar-refractivity contribution in [2.45, 2.75) is 43.9 Å². The molecular formula is C18H22BrNO3. The van der Waals surface area contributed by atoms with E-state index in [0.717, 1.165) is 42.1 Å². The highest BCUT2D eigenvalue weighted by Crippen LogP contribution is 2.43.